The zero-order valence-electron chi connectivity index (χ0n) is 18.3. The summed E-state index contributed by atoms with van der Waals surface area (Å²) in [5.41, 5.74) is -1.08. The van der Waals surface area contributed by atoms with E-state index in [4.69, 9.17) is 4.74 Å². The zero-order valence-corrected chi connectivity index (χ0v) is 18.3. The molecule has 1 fully saturated rings. The number of hydrogen-bond donors (Lipinski definition) is 2. The predicted molar refractivity (Wildman–Crippen MR) is 119 cm³/mol. The van der Waals surface area contributed by atoms with Crippen LogP contribution in [0.3, 0.4) is 0 Å². The molecule has 0 bridgehead atoms. The fraction of sp³-hybridized carbons (Fsp3) is 0.391. The second kappa shape index (κ2) is 11.2. The van der Waals surface area contributed by atoms with Gasteiger partial charge in [0.2, 0.25) is 0 Å². The lowest BCUT2D eigenvalue weighted by Gasteiger charge is -2.34. The summed E-state index contributed by atoms with van der Waals surface area (Å²) in [6.07, 6.45) is -4.71. The normalized spacial score (nSPS) is 14.7. The number of carbonyl (C=O) groups is 2. The highest BCUT2D eigenvalue weighted by Gasteiger charge is 2.35. The van der Waals surface area contributed by atoms with Crippen LogP contribution in [-0.4, -0.2) is 67.7 Å². The van der Waals surface area contributed by atoms with Crippen molar-refractivity contribution in [3.8, 4) is 0 Å². The van der Waals surface area contributed by atoms with Crippen LogP contribution in [0.5, 0.6) is 0 Å². The number of benzene rings is 2. The summed E-state index contributed by atoms with van der Waals surface area (Å²) in [6.45, 7) is 5.96. The van der Waals surface area contributed by atoms with Gasteiger partial charge in [-0.15, -0.1) is 0 Å². The summed E-state index contributed by atoms with van der Waals surface area (Å²) < 4.78 is 46.4. The van der Waals surface area contributed by atoms with Crippen LogP contribution in [0, 0.1) is 0 Å². The van der Waals surface area contributed by atoms with Crippen LogP contribution in [0.1, 0.15) is 22.8 Å². The van der Waals surface area contributed by atoms with E-state index in [2.05, 4.69) is 15.5 Å². The smallest absolute Gasteiger partial charge is 0.380 e. The Balaban J connectivity index is 1.65. The first-order chi connectivity index (χ1) is 15.8. The minimum Gasteiger partial charge on any atom is -0.380 e. The third-order valence-corrected chi connectivity index (χ3v) is 5.28. The lowest BCUT2D eigenvalue weighted by atomic mass is 10.1. The Kier molecular flexibility index (Phi) is 8.29. The van der Waals surface area contributed by atoms with Gasteiger partial charge in [-0.3, -0.25) is 9.69 Å². The fourth-order valence-electron chi connectivity index (χ4n) is 3.47. The minimum atomic E-state index is -4.71. The number of nitrogens with zero attached hydrogens (tertiary/aromatic N) is 2. The molecule has 0 saturated carbocycles. The molecule has 2 aromatic rings. The first-order valence-electron chi connectivity index (χ1n) is 10.7. The molecule has 1 aliphatic rings. The number of urea groups is 1. The number of hydrogen-bond acceptors (Lipinski definition) is 4. The topological polar surface area (TPSA) is 73.9 Å². The van der Waals surface area contributed by atoms with Gasteiger partial charge in [-0.2, -0.15) is 13.2 Å². The summed E-state index contributed by atoms with van der Waals surface area (Å²) in [5, 5.41) is 4.84. The van der Waals surface area contributed by atoms with Gasteiger partial charge in [-0.25, -0.2) is 4.79 Å². The number of piperazine rings is 1. The first kappa shape index (κ1) is 24.5. The van der Waals surface area contributed by atoms with Crippen molar-refractivity contribution in [1.29, 1.82) is 0 Å². The monoisotopic (exact) mass is 464 g/mol. The molecule has 178 valence electrons. The Morgan fingerprint density at radius 3 is 2.33 bits per heavy atom. The number of halogens is 3. The second-order valence-electron chi connectivity index (χ2n) is 7.53. The highest BCUT2D eigenvalue weighted by Crippen LogP contribution is 2.37. The summed E-state index contributed by atoms with van der Waals surface area (Å²) >= 11 is 0. The van der Waals surface area contributed by atoms with Crippen molar-refractivity contribution in [2.45, 2.75) is 13.1 Å². The second-order valence-corrected chi connectivity index (χ2v) is 7.53. The number of alkyl halides is 3. The van der Waals surface area contributed by atoms with Crippen molar-refractivity contribution < 1.29 is 27.5 Å². The van der Waals surface area contributed by atoms with Crippen molar-refractivity contribution in [3.05, 3.63) is 59.7 Å². The minimum absolute atomic E-state index is 0.0166. The predicted octanol–water partition coefficient (Wildman–Crippen LogP) is 4.14. The Labute approximate surface area is 190 Å². The molecule has 0 unspecified atom stereocenters. The number of ether oxygens (including phenoxy) is 1. The maximum absolute atomic E-state index is 13.7. The Morgan fingerprint density at radius 1 is 1.00 bits per heavy atom. The number of anilines is 2. The van der Waals surface area contributed by atoms with Gasteiger partial charge in [0.1, 0.15) is 0 Å². The molecule has 1 heterocycles. The quantitative estimate of drug-likeness (QED) is 0.604. The van der Waals surface area contributed by atoms with Crippen LogP contribution in [0.2, 0.25) is 0 Å². The van der Waals surface area contributed by atoms with Gasteiger partial charge in [-0.1, -0.05) is 18.2 Å². The van der Waals surface area contributed by atoms with E-state index in [9.17, 15) is 22.8 Å². The van der Waals surface area contributed by atoms with Crippen molar-refractivity contribution in [1.82, 2.24) is 9.80 Å². The van der Waals surface area contributed by atoms with Gasteiger partial charge in [0.25, 0.3) is 5.91 Å². The summed E-state index contributed by atoms with van der Waals surface area (Å²) in [7, 11) is 0. The van der Waals surface area contributed by atoms with E-state index in [0.29, 0.717) is 45.0 Å². The van der Waals surface area contributed by atoms with Gasteiger partial charge >= 0.3 is 12.2 Å². The van der Waals surface area contributed by atoms with Crippen molar-refractivity contribution in [3.63, 3.8) is 0 Å². The highest BCUT2D eigenvalue weighted by molar-refractivity contribution is 6.04. The molecule has 10 heteroatoms. The molecule has 2 N–H and O–H groups in total. The molecule has 2 aromatic carbocycles. The van der Waals surface area contributed by atoms with Crippen molar-refractivity contribution >= 4 is 23.3 Å². The Bertz CT molecular complexity index is 946. The summed E-state index contributed by atoms with van der Waals surface area (Å²) in [5.74, 6) is -0.525. The molecular weight excluding hydrogens is 437 g/mol. The molecule has 0 atom stereocenters. The molecule has 7 nitrogen and oxygen atoms in total. The number of amides is 3. The molecule has 0 aliphatic carbocycles. The van der Waals surface area contributed by atoms with Crippen molar-refractivity contribution in [2.24, 2.45) is 0 Å². The van der Waals surface area contributed by atoms with Crippen LogP contribution in [-0.2, 0) is 10.9 Å². The lowest BCUT2D eigenvalue weighted by molar-refractivity contribution is -0.136. The summed E-state index contributed by atoms with van der Waals surface area (Å²) in [4.78, 5) is 28.5. The van der Waals surface area contributed by atoms with E-state index in [1.54, 1.807) is 30.3 Å². The van der Waals surface area contributed by atoms with Crippen LogP contribution in [0.15, 0.2) is 48.5 Å². The third-order valence-electron chi connectivity index (χ3n) is 5.28. The molecule has 1 saturated heterocycles. The van der Waals surface area contributed by atoms with Crippen LogP contribution < -0.4 is 10.6 Å². The maximum atomic E-state index is 13.7. The van der Waals surface area contributed by atoms with Crippen molar-refractivity contribution in [2.75, 3.05) is 56.6 Å². The lowest BCUT2D eigenvalue weighted by Crippen LogP contribution is -2.50. The molecule has 1 aliphatic heterocycles. The van der Waals surface area contributed by atoms with Gasteiger partial charge < -0.3 is 20.3 Å². The van der Waals surface area contributed by atoms with E-state index in [1.165, 1.54) is 11.0 Å². The molecular formula is C23H27F3N4O3. The Morgan fingerprint density at radius 2 is 1.70 bits per heavy atom. The molecule has 3 amide bonds. The summed E-state index contributed by atoms with van der Waals surface area (Å²) in [6, 6.07) is 10.9. The number of nitrogens with one attached hydrogen (secondary N) is 2. The van der Waals surface area contributed by atoms with Gasteiger partial charge in [0, 0.05) is 50.6 Å². The fourth-order valence-corrected chi connectivity index (χ4v) is 3.47. The van der Waals surface area contributed by atoms with Gasteiger partial charge in [0.15, 0.2) is 0 Å². The van der Waals surface area contributed by atoms with E-state index in [0.717, 1.165) is 18.7 Å². The van der Waals surface area contributed by atoms with Crippen LogP contribution >= 0.6 is 0 Å². The SMILES string of the molecule is CCOCCN1CCN(C(=O)Nc2ccc(NC(=O)c3ccccc3)cc2C(F)(F)F)CC1. The average Bonchev–Trinajstić information content (AvgIpc) is 2.80. The molecule has 0 aromatic heterocycles. The van der Waals surface area contributed by atoms with E-state index in [-0.39, 0.29) is 11.4 Å². The molecule has 0 radical (unpaired) electrons. The zero-order chi connectivity index (χ0) is 23.8. The molecule has 0 spiro atoms. The van der Waals surface area contributed by atoms with E-state index in [1.807, 2.05) is 6.92 Å². The first-order valence-corrected chi connectivity index (χ1v) is 10.7. The standard InChI is InChI=1S/C23H27F3N4O3/c1-2-33-15-14-29-10-12-30(13-11-29)22(32)28-20-9-8-18(16-19(20)23(24,25)26)27-21(31)17-6-4-3-5-7-17/h3-9,16H,2,10-15H2,1H3,(H,27,31)(H,28,32). The Hall–Kier alpha value is -3.11. The molecule has 33 heavy (non-hydrogen) atoms. The number of rotatable bonds is 7. The largest absolute Gasteiger partial charge is 0.418 e. The third kappa shape index (κ3) is 6.93. The van der Waals surface area contributed by atoms with Gasteiger partial charge in [-0.05, 0) is 37.3 Å². The van der Waals surface area contributed by atoms with E-state index >= 15 is 0 Å². The van der Waals surface area contributed by atoms with E-state index < -0.39 is 23.7 Å². The maximum Gasteiger partial charge on any atom is 0.418 e. The highest BCUT2D eigenvalue weighted by atomic mass is 19.4. The molecule has 3 rings (SSSR count). The van der Waals surface area contributed by atoms with Crippen LogP contribution in [0.25, 0.3) is 0 Å². The van der Waals surface area contributed by atoms with Gasteiger partial charge in [0.05, 0.1) is 17.9 Å². The number of carbonyl (C=O) groups excluding carboxylic acids is 2. The average molecular weight is 464 g/mol. The van der Waals surface area contributed by atoms with Crippen LogP contribution in [0.4, 0.5) is 29.3 Å².